The number of benzene rings is 1. The molecule has 1 unspecified atom stereocenters. The summed E-state index contributed by atoms with van der Waals surface area (Å²) in [6, 6.07) is 3.84. The third kappa shape index (κ3) is 1.97. The second kappa shape index (κ2) is 4.98. The molecule has 8 heteroatoms. The molecule has 1 aromatic carbocycles. The van der Waals surface area contributed by atoms with Crippen molar-refractivity contribution in [2.24, 2.45) is 4.99 Å². The Balaban J connectivity index is 1.91. The molecular formula is C17H17FN5O2+. The largest absolute Gasteiger partial charge is 0.406 e. The van der Waals surface area contributed by atoms with Crippen LogP contribution in [0.3, 0.4) is 0 Å². The van der Waals surface area contributed by atoms with Crippen LogP contribution in [0.4, 0.5) is 15.1 Å². The second-order valence-corrected chi connectivity index (χ2v) is 6.36. The predicted octanol–water partition coefficient (Wildman–Crippen LogP) is 1.63. The maximum atomic E-state index is 14.0. The third-order valence-corrected chi connectivity index (χ3v) is 4.74. The molecule has 0 radical (unpaired) electrons. The lowest BCUT2D eigenvalue weighted by atomic mass is 10.2. The number of fused-ring (bicyclic) bond motifs is 3. The summed E-state index contributed by atoms with van der Waals surface area (Å²) >= 11 is 0. The van der Waals surface area contributed by atoms with Gasteiger partial charge in [0.1, 0.15) is 23.4 Å². The van der Waals surface area contributed by atoms with Crippen molar-refractivity contribution in [2.45, 2.75) is 19.9 Å². The average molecular weight is 342 g/mol. The molecule has 7 nitrogen and oxygen atoms in total. The highest BCUT2D eigenvalue weighted by molar-refractivity contribution is 6.18. The van der Waals surface area contributed by atoms with Crippen molar-refractivity contribution in [3.63, 3.8) is 0 Å². The number of amides is 3. The van der Waals surface area contributed by atoms with E-state index in [0.717, 1.165) is 10.6 Å². The summed E-state index contributed by atoms with van der Waals surface area (Å²) in [4.78, 5) is 31.7. The first-order valence-corrected chi connectivity index (χ1v) is 7.85. The summed E-state index contributed by atoms with van der Waals surface area (Å²) < 4.78 is 17.5. The molecule has 0 N–H and O–H groups in total. The Morgan fingerprint density at radius 2 is 1.88 bits per heavy atom. The normalized spacial score (nSPS) is 19.2. The Morgan fingerprint density at radius 3 is 2.56 bits per heavy atom. The lowest BCUT2D eigenvalue weighted by molar-refractivity contribution is -0.676. The number of aromatic nitrogens is 2. The number of amidine groups is 1. The molecule has 0 bridgehead atoms. The molecule has 0 saturated carbocycles. The number of aliphatic imine (C=N–C) groups is 1. The molecule has 2 aromatic rings. The standard InChI is InChI=1S/C17H17FN5O2/c1-9-5-6-11(7-12(9)18)23-10(2)8-22-13-14(19-16(22)23)20(3)17(25)21(4)15(13)24/h5-8,13H,1-4H3/q+1. The number of imidazole rings is 1. The van der Waals surface area contributed by atoms with Gasteiger partial charge in [0.2, 0.25) is 11.9 Å². The van der Waals surface area contributed by atoms with E-state index >= 15 is 0 Å². The Hall–Kier alpha value is -3.03. The van der Waals surface area contributed by atoms with Gasteiger partial charge in [-0.2, -0.15) is 4.57 Å². The maximum Gasteiger partial charge on any atom is 0.406 e. The molecule has 1 fully saturated rings. The Bertz CT molecular complexity index is 978. The first-order valence-electron chi connectivity index (χ1n) is 7.85. The number of hydrogen-bond donors (Lipinski definition) is 0. The van der Waals surface area contributed by atoms with Crippen molar-refractivity contribution in [3.05, 3.63) is 41.5 Å². The highest BCUT2D eigenvalue weighted by Crippen LogP contribution is 2.31. The summed E-state index contributed by atoms with van der Waals surface area (Å²) in [7, 11) is 3.04. The topological polar surface area (TPSA) is 61.8 Å². The number of carbonyl (C=O) groups excluding carboxylic acids is 2. The van der Waals surface area contributed by atoms with E-state index in [4.69, 9.17) is 0 Å². The van der Waals surface area contributed by atoms with E-state index in [-0.39, 0.29) is 11.7 Å². The van der Waals surface area contributed by atoms with E-state index in [0.29, 0.717) is 23.0 Å². The molecule has 0 spiro atoms. The van der Waals surface area contributed by atoms with Gasteiger partial charge in [0, 0.05) is 20.2 Å². The lowest BCUT2D eigenvalue weighted by Gasteiger charge is -2.30. The highest BCUT2D eigenvalue weighted by Gasteiger charge is 2.52. The van der Waals surface area contributed by atoms with Crippen molar-refractivity contribution in [1.82, 2.24) is 14.4 Å². The van der Waals surface area contributed by atoms with E-state index in [1.807, 2.05) is 6.92 Å². The Kier molecular flexibility index (Phi) is 3.09. The van der Waals surface area contributed by atoms with Gasteiger partial charge < -0.3 is 0 Å². The number of nitrogens with zero attached hydrogens (tertiary/aromatic N) is 5. The third-order valence-electron chi connectivity index (χ3n) is 4.74. The van der Waals surface area contributed by atoms with Gasteiger partial charge in [-0.25, -0.2) is 13.8 Å². The molecule has 3 amide bonds. The van der Waals surface area contributed by atoms with Crippen LogP contribution in [-0.2, 0) is 4.79 Å². The predicted molar refractivity (Wildman–Crippen MR) is 87.5 cm³/mol. The smallest absolute Gasteiger partial charge is 0.270 e. The van der Waals surface area contributed by atoms with Crippen LogP contribution in [0.15, 0.2) is 29.4 Å². The van der Waals surface area contributed by atoms with Crippen LogP contribution in [0.5, 0.6) is 0 Å². The fraction of sp³-hybridized carbons (Fsp3) is 0.294. The molecule has 2 aliphatic rings. The van der Waals surface area contributed by atoms with Crippen LogP contribution in [-0.4, -0.2) is 46.2 Å². The molecule has 2 aliphatic heterocycles. The zero-order valence-electron chi connectivity index (χ0n) is 14.3. The van der Waals surface area contributed by atoms with E-state index < -0.39 is 12.1 Å². The molecule has 0 aliphatic carbocycles. The van der Waals surface area contributed by atoms with Gasteiger partial charge >= 0.3 is 12.0 Å². The number of likely N-dealkylation sites (N-methyl/N-ethyl adjacent to an activating group) is 2. The summed E-state index contributed by atoms with van der Waals surface area (Å²) in [6.45, 7) is 3.56. The number of rotatable bonds is 1. The first kappa shape index (κ1) is 15.5. The maximum absolute atomic E-state index is 14.0. The fourth-order valence-corrected chi connectivity index (χ4v) is 3.30. The molecule has 1 saturated heterocycles. The fourth-order valence-electron chi connectivity index (χ4n) is 3.30. The number of hydrogen-bond acceptors (Lipinski definition) is 3. The van der Waals surface area contributed by atoms with Crippen LogP contribution in [0.1, 0.15) is 17.3 Å². The molecule has 25 heavy (non-hydrogen) atoms. The molecule has 4 rings (SSSR count). The van der Waals surface area contributed by atoms with Gasteiger partial charge in [-0.15, -0.1) is 0 Å². The van der Waals surface area contributed by atoms with Gasteiger partial charge in [-0.1, -0.05) is 11.1 Å². The van der Waals surface area contributed by atoms with Crippen LogP contribution in [0, 0.1) is 19.7 Å². The minimum atomic E-state index is -0.682. The summed E-state index contributed by atoms with van der Waals surface area (Å²) in [5.41, 5.74) is 1.99. The quantitative estimate of drug-likeness (QED) is 0.740. The number of imide groups is 1. The van der Waals surface area contributed by atoms with Crippen LogP contribution in [0.2, 0.25) is 0 Å². The zero-order valence-corrected chi connectivity index (χ0v) is 14.3. The van der Waals surface area contributed by atoms with Gasteiger partial charge in [0.15, 0.2) is 0 Å². The lowest BCUT2D eigenvalue weighted by Crippen LogP contribution is -2.61. The molecule has 1 atom stereocenters. The minimum Gasteiger partial charge on any atom is -0.270 e. The average Bonchev–Trinajstić information content (AvgIpc) is 3.08. The van der Waals surface area contributed by atoms with Gasteiger partial charge in [-0.3, -0.25) is 14.6 Å². The van der Waals surface area contributed by atoms with Gasteiger partial charge in [0.25, 0.3) is 5.91 Å². The van der Waals surface area contributed by atoms with Gasteiger partial charge in [0.05, 0.1) is 0 Å². The van der Waals surface area contributed by atoms with E-state index in [9.17, 15) is 14.0 Å². The van der Waals surface area contributed by atoms with Crippen LogP contribution in [0.25, 0.3) is 5.69 Å². The van der Waals surface area contributed by atoms with Crippen LogP contribution < -0.4 is 4.57 Å². The molecule has 1 aromatic heterocycles. The summed E-state index contributed by atoms with van der Waals surface area (Å²) in [5.74, 6) is 0.224. The van der Waals surface area contributed by atoms with Gasteiger partial charge in [-0.05, 0) is 25.5 Å². The number of urea groups is 1. The van der Waals surface area contributed by atoms with Crippen molar-refractivity contribution in [2.75, 3.05) is 14.1 Å². The van der Waals surface area contributed by atoms with Crippen LogP contribution >= 0.6 is 0 Å². The van der Waals surface area contributed by atoms with Crippen molar-refractivity contribution in [1.29, 1.82) is 0 Å². The first-order chi connectivity index (χ1) is 11.8. The van der Waals surface area contributed by atoms with E-state index in [1.165, 1.54) is 18.0 Å². The Labute approximate surface area is 143 Å². The highest BCUT2D eigenvalue weighted by atomic mass is 19.1. The minimum absolute atomic E-state index is 0.310. The molecular weight excluding hydrogens is 325 g/mol. The second-order valence-electron chi connectivity index (χ2n) is 6.36. The summed E-state index contributed by atoms with van der Waals surface area (Å²) in [5, 5.41) is 0. The number of halogens is 1. The van der Waals surface area contributed by atoms with Crippen molar-refractivity contribution in [3.8, 4) is 5.69 Å². The molecule has 3 heterocycles. The van der Waals surface area contributed by atoms with Crippen molar-refractivity contribution >= 4 is 23.7 Å². The molecule has 128 valence electrons. The van der Waals surface area contributed by atoms with E-state index in [2.05, 4.69) is 4.99 Å². The number of aryl methyl sites for hydroxylation is 2. The van der Waals surface area contributed by atoms with E-state index in [1.54, 1.807) is 41.4 Å². The SMILES string of the molecule is Cc1ccc(-n2c(C)c[n+]3c2N=C2C3C(=O)N(C)C(=O)N2C)cc1F. The van der Waals surface area contributed by atoms with Crippen molar-refractivity contribution < 1.29 is 18.5 Å². The monoisotopic (exact) mass is 342 g/mol. The Morgan fingerprint density at radius 1 is 1.16 bits per heavy atom. The zero-order chi connectivity index (χ0) is 18.0. The number of carbonyl (C=O) groups is 2. The summed E-state index contributed by atoms with van der Waals surface area (Å²) in [6.07, 6.45) is 1.80.